The Morgan fingerprint density at radius 2 is 2.22 bits per heavy atom. The highest BCUT2D eigenvalue weighted by atomic mass is 35.5. The maximum atomic E-state index is 11.9. The summed E-state index contributed by atoms with van der Waals surface area (Å²) in [4.78, 5) is 14.4. The monoisotopic (exact) mass is 338 g/mol. The summed E-state index contributed by atoms with van der Waals surface area (Å²) in [6, 6.07) is 6.55. The van der Waals surface area contributed by atoms with E-state index >= 15 is 0 Å². The van der Waals surface area contributed by atoms with E-state index < -0.39 is 0 Å². The second-order valence-electron chi connectivity index (χ2n) is 6.51. The Labute approximate surface area is 142 Å². The predicted octanol–water partition coefficient (Wildman–Crippen LogP) is 1.55. The Hall–Kier alpha value is -1.14. The number of morpholine rings is 1. The van der Waals surface area contributed by atoms with Crippen LogP contribution in [0.4, 0.5) is 0 Å². The summed E-state index contributed by atoms with van der Waals surface area (Å²) in [5, 5.41) is 3.42. The maximum Gasteiger partial charge on any atom is 0.338 e. The van der Waals surface area contributed by atoms with Crippen LogP contribution in [-0.2, 0) is 15.9 Å². The van der Waals surface area contributed by atoms with Crippen molar-refractivity contribution in [2.24, 2.45) is 0 Å². The quantitative estimate of drug-likeness (QED) is 0.787. The second kappa shape index (κ2) is 6.77. The third kappa shape index (κ3) is 3.24. The summed E-state index contributed by atoms with van der Waals surface area (Å²) in [5.74, 6) is -0.202. The molecule has 6 heteroatoms. The van der Waals surface area contributed by atoms with E-state index in [4.69, 9.17) is 9.47 Å². The summed E-state index contributed by atoms with van der Waals surface area (Å²) < 4.78 is 11.4. The molecule has 3 aliphatic heterocycles. The lowest BCUT2D eigenvalue weighted by molar-refractivity contribution is -0.0718. The number of halogens is 1. The van der Waals surface area contributed by atoms with Crippen molar-refractivity contribution in [1.29, 1.82) is 0 Å². The Morgan fingerprint density at radius 1 is 1.35 bits per heavy atom. The standard InChI is InChI=1S/C17H22N2O3.ClH/c1-11-6-13-7-12(2-3-15(13)17(20)22-11)16-9-19-5-4-18-8-14(19)10-21-16;/h2-3,7,11,14,16,18H,4-6,8-10H2,1H3;1H/t11-,14-,16-;/m0./s1. The summed E-state index contributed by atoms with van der Waals surface area (Å²) in [5.41, 5.74) is 2.97. The first-order valence-electron chi connectivity index (χ1n) is 8.11. The number of nitrogens with one attached hydrogen (secondary N) is 1. The Bertz CT molecular complexity index is 595. The molecule has 0 radical (unpaired) electrons. The van der Waals surface area contributed by atoms with Crippen LogP contribution in [0.5, 0.6) is 0 Å². The molecule has 0 amide bonds. The van der Waals surface area contributed by atoms with Gasteiger partial charge in [-0.3, -0.25) is 4.90 Å². The van der Waals surface area contributed by atoms with Gasteiger partial charge in [-0.25, -0.2) is 4.79 Å². The molecule has 0 unspecified atom stereocenters. The van der Waals surface area contributed by atoms with Crippen LogP contribution in [0, 0.1) is 0 Å². The molecule has 2 saturated heterocycles. The molecular formula is C17H23ClN2O3. The van der Waals surface area contributed by atoms with E-state index in [-0.39, 0.29) is 30.6 Å². The highest BCUT2D eigenvalue weighted by Gasteiger charge is 2.32. The number of esters is 1. The molecule has 0 saturated carbocycles. The molecule has 5 nitrogen and oxygen atoms in total. The molecule has 23 heavy (non-hydrogen) atoms. The Balaban J connectivity index is 0.00000156. The minimum atomic E-state index is -0.202. The highest BCUT2D eigenvalue weighted by Crippen LogP contribution is 2.29. The fraction of sp³-hybridized carbons (Fsp3) is 0.588. The molecule has 126 valence electrons. The van der Waals surface area contributed by atoms with Gasteiger partial charge in [0, 0.05) is 38.6 Å². The van der Waals surface area contributed by atoms with Crippen molar-refractivity contribution in [3.63, 3.8) is 0 Å². The number of piperazine rings is 1. The van der Waals surface area contributed by atoms with Gasteiger partial charge in [0.25, 0.3) is 0 Å². The van der Waals surface area contributed by atoms with Crippen LogP contribution >= 0.6 is 12.4 Å². The van der Waals surface area contributed by atoms with Crippen molar-refractivity contribution in [2.45, 2.75) is 31.6 Å². The number of rotatable bonds is 1. The van der Waals surface area contributed by atoms with Crippen molar-refractivity contribution in [2.75, 3.05) is 32.8 Å². The lowest BCUT2D eigenvalue weighted by Crippen LogP contribution is -2.57. The van der Waals surface area contributed by atoms with Gasteiger partial charge in [0.05, 0.1) is 18.3 Å². The molecule has 2 fully saturated rings. The maximum absolute atomic E-state index is 11.9. The molecule has 1 aromatic carbocycles. The van der Waals surface area contributed by atoms with E-state index in [0.29, 0.717) is 11.6 Å². The molecule has 3 heterocycles. The topological polar surface area (TPSA) is 50.8 Å². The van der Waals surface area contributed by atoms with Crippen LogP contribution in [0.15, 0.2) is 18.2 Å². The molecule has 0 spiro atoms. The number of ether oxygens (including phenoxy) is 2. The van der Waals surface area contributed by atoms with E-state index in [9.17, 15) is 4.79 Å². The van der Waals surface area contributed by atoms with Gasteiger partial charge in [-0.15, -0.1) is 12.4 Å². The van der Waals surface area contributed by atoms with Crippen LogP contribution in [0.25, 0.3) is 0 Å². The van der Waals surface area contributed by atoms with Gasteiger partial charge in [0.15, 0.2) is 0 Å². The third-order valence-electron chi connectivity index (χ3n) is 4.90. The van der Waals surface area contributed by atoms with Gasteiger partial charge >= 0.3 is 5.97 Å². The number of carbonyl (C=O) groups is 1. The number of benzene rings is 1. The Morgan fingerprint density at radius 3 is 3.09 bits per heavy atom. The van der Waals surface area contributed by atoms with Crippen LogP contribution in [0.1, 0.15) is 34.5 Å². The molecule has 4 rings (SSSR count). The number of cyclic esters (lactones) is 1. The molecule has 0 aromatic heterocycles. The molecular weight excluding hydrogens is 316 g/mol. The number of fused-ring (bicyclic) bond motifs is 2. The Kier molecular flexibility index (Phi) is 4.92. The molecule has 0 bridgehead atoms. The SMILES string of the molecule is C[C@H]1Cc2cc([C@@H]3CN4CCNC[C@H]4CO3)ccc2C(=O)O1.Cl. The predicted molar refractivity (Wildman–Crippen MR) is 89.2 cm³/mol. The van der Waals surface area contributed by atoms with Gasteiger partial charge in [-0.1, -0.05) is 12.1 Å². The minimum absolute atomic E-state index is 0. The average molecular weight is 339 g/mol. The molecule has 3 aliphatic rings. The van der Waals surface area contributed by atoms with E-state index in [2.05, 4.69) is 16.3 Å². The van der Waals surface area contributed by atoms with Crippen LogP contribution in [0.2, 0.25) is 0 Å². The highest BCUT2D eigenvalue weighted by molar-refractivity contribution is 5.92. The first-order chi connectivity index (χ1) is 10.7. The van der Waals surface area contributed by atoms with Crippen LogP contribution < -0.4 is 5.32 Å². The van der Waals surface area contributed by atoms with Gasteiger partial charge in [-0.05, 0) is 24.1 Å². The van der Waals surface area contributed by atoms with Gasteiger partial charge in [-0.2, -0.15) is 0 Å². The number of carbonyl (C=O) groups excluding carboxylic acids is 1. The number of nitrogens with zero attached hydrogens (tertiary/aromatic N) is 1. The van der Waals surface area contributed by atoms with Crippen molar-refractivity contribution < 1.29 is 14.3 Å². The smallest absolute Gasteiger partial charge is 0.338 e. The first-order valence-corrected chi connectivity index (χ1v) is 8.11. The van der Waals surface area contributed by atoms with Crippen molar-refractivity contribution >= 4 is 18.4 Å². The van der Waals surface area contributed by atoms with Crippen molar-refractivity contribution in [1.82, 2.24) is 10.2 Å². The lowest BCUT2D eigenvalue weighted by Gasteiger charge is -2.42. The van der Waals surface area contributed by atoms with Gasteiger partial charge in [0.1, 0.15) is 6.10 Å². The van der Waals surface area contributed by atoms with E-state index in [1.807, 2.05) is 19.1 Å². The second-order valence-corrected chi connectivity index (χ2v) is 6.51. The molecule has 1 N–H and O–H groups in total. The van der Waals surface area contributed by atoms with E-state index in [1.54, 1.807) is 0 Å². The van der Waals surface area contributed by atoms with Crippen LogP contribution in [-0.4, -0.2) is 55.8 Å². The van der Waals surface area contributed by atoms with Crippen LogP contribution in [0.3, 0.4) is 0 Å². The number of hydrogen-bond donors (Lipinski definition) is 1. The first kappa shape index (κ1) is 16.7. The van der Waals surface area contributed by atoms with E-state index in [1.165, 1.54) is 5.56 Å². The van der Waals surface area contributed by atoms with Gasteiger partial charge in [0.2, 0.25) is 0 Å². The normalized spacial score (nSPS) is 30.7. The third-order valence-corrected chi connectivity index (χ3v) is 4.90. The summed E-state index contributed by atoms with van der Waals surface area (Å²) in [7, 11) is 0. The zero-order chi connectivity index (χ0) is 15.1. The zero-order valence-corrected chi connectivity index (χ0v) is 14.1. The average Bonchev–Trinajstić information content (AvgIpc) is 2.53. The largest absolute Gasteiger partial charge is 0.459 e. The summed E-state index contributed by atoms with van der Waals surface area (Å²) in [6.07, 6.45) is 0.853. The summed E-state index contributed by atoms with van der Waals surface area (Å²) in [6.45, 7) is 6.80. The zero-order valence-electron chi connectivity index (χ0n) is 13.3. The lowest BCUT2D eigenvalue weighted by atomic mass is 9.94. The molecule has 0 aliphatic carbocycles. The minimum Gasteiger partial charge on any atom is -0.459 e. The molecule has 3 atom stereocenters. The van der Waals surface area contributed by atoms with Crippen molar-refractivity contribution in [3.8, 4) is 0 Å². The fourth-order valence-corrected chi connectivity index (χ4v) is 3.68. The van der Waals surface area contributed by atoms with E-state index in [0.717, 1.165) is 44.8 Å². The molecule has 1 aromatic rings. The fourth-order valence-electron chi connectivity index (χ4n) is 3.68. The summed E-state index contributed by atoms with van der Waals surface area (Å²) >= 11 is 0. The number of hydrogen-bond acceptors (Lipinski definition) is 5. The van der Waals surface area contributed by atoms with Gasteiger partial charge < -0.3 is 14.8 Å². The van der Waals surface area contributed by atoms with Crippen molar-refractivity contribution in [3.05, 3.63) is 34.9 Å².